The van der Waals surface area contributed by atoms with Crippen LogP contribution in [0.3, 0.4) is 0 Å². The summed E-state index contributed by atoms with van der Waals surface area (Å²) in [7, 11) is 0. The van der Waals surface area contributed by atoms with E-state index in [2.05, 4.69) is 58.3 Å². The van der Waals surface area contributed by atoms with Crippen LogP contribution >= 0.6 is 15.9 Å². The molecule has 0 radical (unpaired) electrons. The molecule has 2 aromatic rings. The van der Waals surface area contributed by atoms with Crippen molar-refractivity contribution in [2.24, 2.45) is 0 Å². The molecular formula is C13H15BrN2O. The molecule has 3 nitrogen and oxygen atoms in total. The lowest BCUT2D eigenvalue weighted by Crippen LogP contribution is -2.12. The number of rotatable bonds is 4. The van der Waals surface area contributed by atoms with Crippen molar-refractivity contribution >= 4 is 15.9 Å². The van der Waals surface area contributed by atoms with Crippen molar-refractivity contribution in [2.75, 3.05) is 6.54 Å². The lowest BCUT2D eigenvalue weighted by atomic mass is 10.1. The van der Waals surface area contributed by atoms with Crippen molar-refractivity contribution in [3.05, 3.63) is 40.3 Å². The first-order valence-corrected chi connectivity index (χ1v) is 6.41. The molecule has 0 fully saturated rings. The van der Waals surface area contributed by atoms with Gasteiger partial charge in [0.25, 0.3) is 0 Å². The molecule has 0 saturated carbocycles. The Hall–Kier alpha value is -1.13. The van der Waals surface area contributed by atoms with E-state index in [1.165, 1.54) is 12.0 Å². The standard InChI is InChI=1S/C13H15BrN2O/c1-3-15-7-12-13(17-8-16-12)10-5-4-9(2)11(14)6-10/h4-6,8,15H,3,7H2,1-2H3. The maximum Gasteiger partial charge on any atom is 0.181 e. The van der Waals surface area contributed by atoms with E-state index in [0.717, 1.165) is 34.6 Å². The average molecular weight is 295 g/mol. The number of hydrogen-bond acceptors (Lipinski definition) is 3. The Labute approximate surface area is 109 Å². The third kappa shape index (κ3) is 2.76. The van der Waals surface area contributed by atoms with Gasteiger partial charge < -0.3 is 9.73 Å². The predicted molar refractivity (Wildman–Crippen MR) is 71.8 cm³/mol. The molecule has 1 aromatic carbocycles. The topological polar surface area (TPSA) is 38.1 Å². The minimum absolute atomic E-state index is 0.730. The monoisotopic (exact) mass is 294 g/mol. The van der Waals surface area contributed by atoms with Crippen LogP contribution in [-0.2, 0) is 6.54 Å². The van der Waals surface area contributed by atoms with E-state index in [1.54, 1.807) is 0 Å². The van der Waals surface area contributed by atoms with Crippen molar-refractivity contribution < 1.29 is 4.42 Å². The van der Waals surface area contributed by atoms with Crippen LogP contribution in [-0.4, -0.2) is 11.5 Å². The highest BCUT2D eigenvalue weighted by molar-refractivity contribution is 9.10. The van der Waals surface area contributed by atoms with Crippen molar-refractivity contribution in [3.63, 3.8) is 0 Å². The Morgan fingerprint density at radius 2 is 2.24 bits per heavy atom. The van der Waals surface area contributed by atoms with Gasteiger partial charge in [0.2, 0.25) is 0 Å². The average Bonchev–Trinajstić information content (AvgIpc) is 2.78. The second kappa shape index (κ2) is 5.47. The molecule has 17 heavy (non-hydrogen) atoms. The first kappa shape index (κ1) is 12.3. The molecule has 1 aromatic heterocycles. The predicted octanol–water partition coefficient (Wildman–Crippen LogP) is 3.52. The molecule has 2 rings (SSSR count). The number of hydrogen-bond donors (Lipinski definition) is 1. The minimum Gasteiger partial charge on any atom is -0.443 e. The van der Waals surface area contributed by atoms with Crippen molar-refractivity contribution in [1.29, 1.82) is 0 Å². The van der Waals surface area contributed by atoms with Crippen LogP contribution < -0.4 is 5.32 Å². The zero-order chi connectivity index (χ0) is 12.3. The second-order valence-corrected chi connectivity index (χ2v) is 4.73. The number of nitrogens with one attached hydrogen (secondary N) is 1. The fraction of sp³-hybridized carbons (Fsp3) is 0.308. The maximum atomic E-state index is 5.47. The number of oxazole rings is 1. The quantitative estimate of drug-likeness (QED) is 0.937. The molecular weight excluding hydrogens is 280 g/mol. The van der Waals surface area contributed by atoms with Gasteiger partial charge in [-0.1, -0.05) is 35.0 Å². The molecule has 0 aliphatic heterocycles. The van der Waals surface area contributed by atoms with E-state index < -0.39 is 0 Å². The summed E-state index contributed by atoms with van der Waals surface area (Å²) in [4.78, 5) is 4.24. The molecule has 0 atom stereocenters. The van der Waals surface area contributed by atoms with E-state index in [-0.39, 0.29) is 0 Å². The smallest absolute Gasteiger partial charge is 0.181 e. The van der Waals surface area contributed by atoms with Crippen LogP contribution in [0, 0.1) is 6.92 Å². The van der Waals surface area contributed by atoms with Gasteiger partial charge in [-0.3, -0.25) is 0 Å². The van der Waals surface area contributed by atoms with Crippen molar-refractivity contribution in [1.82, 2.24) is 10.3 Å². The lowest BCUT2D eigenvalue weighted by Gasteiger charge is -2.04. The van der Waals surface area contributed by atoms with Gasteiger partial charge in [0, 0.05) is 16.6 Å². The van der Waals surface area contributed by atoms with Gasteiger partial charge in [-0.25, -0.2) is 4.98 Å². The van der Waals surface area contributed by atoms with Crippen LogP contribution in [0.25, 0.3) is 11.3 Å². The van der Waals surface area contributed by atoms with E-state index in [0.29, 0.717) is 0 Å². The van der Waals surface area contributed by atoms with E-state index >= 15 is 0 Å². The number of halogens is 1. The molecule has 0 spiro atoms. The number of benzene rings is 1. The highest BCUT2D eigenvalue weighted by Crippen LogP contribution is 2.27. The van der Waals surface area contributed by atoms with E-state index in [9.17, 15) is 0 Å². The molecule has 0 aliphatic carbocycles. The van der Waals surface area contributed by atoms with Gasteiger partial charge in [0.1, 0.15) is 5.69 Å². The van der Waals surface area contributed by atoms with Crippen LogP contribution in [0.2, 0.25) is 0 Å². The number of nitrogens with zero attached hydrogens (tertiary/aromatic N) is 1. The van der Waals surface area contributed by atoms with Gasteiger partial charge in [0.05, 0.1) is 0 Å². The summed E-state index contributed by atoms with van der Waals surface area (Å²) in [5.74, 6) is 0.839. The Bertz CT molecular complexity index is 508. The molecule has 1 N–H and O–H groups in total. The number of aryl methyl sites for hydroxylation is 1. The zero-order valence-corrected chi connectivity index (χ0v) is 11.5. The van der Waals surface area contributed by atoms with Crippen molar-refractivity contribution in [2.45, 2.75) is 20.4 Å². The third-order valence-electron chi connectivity index (χ3n) is 2.62. The Morgan fingerprint density at radius 3 is 2.94 bits per heavy atom. The molecule has 0 amide bonds. The van der Waals surface area contributed by atoms with Gasteiger partial charge in [0.15, 0.2) is 12.2 Å². The van der Waals surface area contributed by atoms with Gasteiger partial charge in [-0.05, 0) is 25.1 Å². The minimum atomic E-state index is 0.730. The number of aromatic nitrogens is 1. The summed E-state index contributed by atoms with van der Waals surface area (Å²) in [5.41, 5.74) is 3.21. The van der Waals surface area contributed by atoms with Crippen molar-refractivity contribution in [3.8, 4) is 11.3 Å². The molecule has 1 heterocycles. The van der Waals surface area contributed by atoms with Gasteiger partial charge >= 0.3 is 0 Å². The van der Waals surface area contributed by atoms with Gasteiger partial charge in [-0.2, -0.15) is 0 Å². The lowest BCUT2D eigenvalue weighted by molar-refractivity contribution is 0.570. The summed E-state index contributed by atoms with van der Waals surface area (Å²) in [5, 5.41) is 3.25. The fourth-order valence-electron chi connectivity index (χ4n) is 1.61. The summed E-state index contributed by atoms with van der Waals surface area (Å²) < 4.78 is 6.55. The Kier molecular flexibility index (Phi) is 3.97. The second-order valence-electron chi connectivity index (χ2n) is 3.87. The largest absolute Gasteiger partial charge is 0.443 e. The molecule has 0 bridgehead atoms. The van der Waals surface area contributed by atoms with Crippen LogP contribution in [0.5, 0.6) is 0 Å². The highest BCUT2D eigenvalue weighted by Gasteiger charge is 2.11. The molecule has 0 unspecified atom stereocenters. The van der Waals surface area contributed by atoms with E-state index in [1.807, 2.05) is 0 Å². The fourth-order valence-corrected chi connectivity index (χ4v) is 1.99. The summed E-state index contributed by atoms with van der Waals surface area (Å²) in [6.45, 7) is 5.79. The van der Waals surface area contributed by atoms with Crippen LogP contribution in [0.1, 0.15) is 18.2 Å². The molecule has 0 saturated heterocycles. The van der Waals surface area contributed by atoms with Crippen LogP contribution in [0.4, 0.5) is 0 Å². The van der Waals surface area contributed by atoms with E-state index in [4.69, 9.17) is 4.42 Å². The molecule has 0 aliphatic rings. The highest BCUT2D eigenvalue weighted by atomic mass is 79.9. The molecule has 90 valence electrons. The summed E-state index contributed by atoms with van der Waals surface area (Å²) in [6.07, 6.45) is 1.50. The van der Waals surface area contributed by atoms with Gasteiger partial charge in [-0.15, -0.1) is 0 Å². The normalized spacial score (nSPS) is 10.8. The first-order chi connectivity index (χ1) is 8.22. The first-order valence-electron chi connectivity index (χ1n) is 5.62. The van der Waals surface area contributed by atoms with Crippen LogP contribution in [0.15, 0.2) is 33.5 Å². The summed E-state index contributed by atoms with van der Waals surface area (Å²) >= 11 is 3.53. The Balaban J connectivity index is 2.32. The molecule has 4 heteroatoms. The maximum absolute atomic E-state index is 5.47. The third-order valence-corrected chi connectivity index (χ3v) is 3.47. The Morgan fingerprint density at radius 1 is 1.41 bits per heavy atom. The summed E-state index contributed by atoms with van der Waals surface area (Å²) in [6, 6.07) is 6.18. The zero-order valence-electron chi connectivity index (χ0n) is 9.96. The SMILES string of the molecule is CCNCc1ncoc1-c1ccc(C)c(Br)c1.